The molecule has 1 fully saturated rings. The van der Waals surface area contributed by atoms with Gasteiger partial charge in [0.2, 0.25) is 20.0 Å². The Labute approximate surface area is 187 Å². The molecule has 0 aromatic heterocycles. The number of halogens is 1. The first-order valence-electron chi connectivity index (χ1n) is 9.30. The third-order valence-electron chi connectivity index (χ3n) is 4.54. The van der Waals surface area contributed by atoms with Crippen molar-refractivity contribution in [2.75, 3.05) is 38.6 Å². The second-order valence-corrected chi connectivity index (χ2v) is 11.4. The molecule has 3 rings (SSSR count). The van der Waals surface area contributed by atoms with E-state index in [1.165, 1.54) is 26.2 Å². The predicted octanol–water partition coefficient (Wildman–Crippen LogP) is 1.75. The molecular formula is C19H27BrN4O4S2. The van der Waals surface area contributed by atoms with Gasteiger partial charge in [-0.05, 0) is 69.6 Å². The van der Waals surface area contributed by atoms with Crippen molar-refractivity contribution in [3.63, 3.8) is 0 Å². The van der Waals surface area contributed by atoms with Crippen LogP contribution in [-0.2, 0) is 20.0 Å². The van der Waals surface area contributed by atoms with Crippen LogP contribution in [0.1, 0.15) is 6.92 Å². The van der Waals surface area contributed by atoms with Crippen LogP contribution >= 0.6 is 15.9 Å². The van der Waals surface area contributed by atoms with Gasteiger partial charge >= 0.3 is 0 Å². The average molecular weight is 519 g/mol. The Hall–Kier alpha value is -1.50. The number of piperazine rings is 1. The molecule has 1 heterocycles. The Morgan fingerprint density at radius 3 is 1.80 bits per heavy atom. The first kappa shape index (κ1) is 24.8. The zero-order chi connectivity index (χ0) is 22.4. The molecule has 1 aliphatic heterocycles. The number of sulfonamides is 2. The molecule has 1 aliphatic rings. The maximum absolute atomic E-state index is 11.6. The van der Waals surface area contributed by atoms with E-state index in [2.05, 4.69) is 42.5 Å². The fourth-order valence-corrected chi connectivity index (χ4v) is 4.58. The molecule has 0 spiro atoms. The normalized spacial score (nSPS) is 17.2. The van der Waals surface area contributed by atoms with Gasteiger partial charge in [-0.1, -0.05) is 15.9 Å². The minimum Gasteiger partial charge on any atom is -0.369 e. The summed E-state index contributed by atoms with van der Waals surface area (Å²) in [4.78, 5) is 2.84. The van der Waals surface area contributed by atoms with Crippen molar-refractivity contribution in [2.45, 2.75) is 22.8 Å². The molecule has 0 radical (unpaired) electrons. The van der Waals surface area contributed by atoms with Crippen molar-refractivity contribution in [3.8, 4) is 0 Å². The number of benzene rings is 2. The van der Waals surface area contributed by atoms with Crippen LogP contribution in [0.2, 0.25) is 0 Å². The molecule has 0 aliphatic carbocycles. The summed E-state index contributed by atoms with van der Waals surface area (Å²) < 4.78 is 51.0. The van der Waals surface area contributed by atoms with E-state index in [0.29, 0.717) is 10.9 Å². The highest BCUT2D eigenvalue weighted by atomic mass is 79.9. The van der Waals surface area contributed by atoms with Crippen molar-refractivity contribution >= 4 is 41.7 Å². The average Bonchev–Trinajstić information content (AvgIpc) is 2.74. The number of anilines is 1. The highest BCUT2D eigenvalue weighted by Gasteiger charge is 2.17. The zero-order valence-electron chi connectivity index (χ0n) is 17.1. The van der Waals surface area contributed by atoms with Crippen molar-refractivity contribution in [1.29, 1.82) is 0 Å². The van der Waals surface area contributed by atoms with Crippen LogP contribution in [-0.4, -0.2) is 56.6 Å². The van der Waals surface area contributed by atoms with E-state index >= 15 is 0 Å². The maximum atomic E-state index is 11.6. The number of hydrogen-bond acceptors (Lipinski definition) is 6. The molecule has 0 saturated carbocycles. The Morgan fingerprint density at radius 2 is 1.37 bits per heavy atom. The summed E-state index contributed by atoms with van der Waals surface area (Å²) in [5, 5.41) is 3.38. The molecule has 1 saturated heterocycles. The van der Waals surface area contributed by atoms with Crippen LogP contribution in [0.15, 0.2) is 62.8 Å². The molecule has 2 aromatic carbocycles. The summed E-state index contributed by atoms with van der Waals surface area (Å²) >= 11 is 3.22. The Morgan fingerprint density at radius 1 is 0.900 bits per heavy atom. The van der Waals surface area contributed by atoms with Crippen LogP contribution in [0.3, 0.4) is 0 Å². The van der Waals surface area contributed by atoms with Gasteiger partial charge in [0.05, 0.1) is 9.79 Å². The summed E-state index contributed by atoms with van der Waals surface area (Å²) in [6.45, 7) is 4.99. The second kappa shape index (κ2) is 10.7. The Kier molecular flexibility index (Phi) is 8.83. The molecule has 166 valence electrons. The van der Waals surface area contributed by atoms with Gasteiger partial charge in [0.15, 0.2) is 0 Å². The van der Waals surface area contributed by atoms with Gasteiger partial charge in [-0.2, -0.15) is 0 Å². The Bertz CT molecular complexity index is 1030. The molecule has 30 heavy (non-hydrogen) atoms. The van der Waals surface area contributed by atoms with Crippen molar-refractivity contribution < 1.29 is 16.8 Å². The van der Waals surface area contributed by atoms with Gasteiger partial charge < -0.3 is 10.2 Å². The lowest BCUT2D eigenvalue weighted by molar-refractivity contribution is 0.485. The van der Waals surface area contributed by atoms with Gasteiger partial charge in [0.25, 0.3) is 0 Å². The number of nitrogens with one attached hydrogen (secondary N) is 3. The van der Waals surface area contributed by atoms with Gasteiger partial charge in [-0.25, -0.2) is 26.3 Å². The van der Waals surface area contributed by atoms with Crippen molar-refractivity contribution in [2.24, 2.45) is 0 Å². The molecule has 3 N–H and O–H groups in total. The fourth-order valence-electron chi connectivity index (χ4n) is 2.85. The highest BCUT2D eigenvalue weighted by molar-refractivity contribution is 9.10. The van der Waals surface area contributed by atoms with Crippen LogP contribution in [0.25, 0.3) is 0 Å². The minimum absolute atomic E-state index is 0.271. The minimum atomic E-state index is -3.34. The predicted molar refractivity (Wildman–Crippen MR) is 123 cm³/mol. The van der Waals surface area contributed by atoms with E-state index in [0.717, 1.165) is 29.8 Å². The van der Waals surface area contributed by atoms with Gasteiger partial charge in [-0.3, -0.25) is 0 Å². The molecule has 2 aromatic rings. The van der Waals surface area contributed by atoms with Crippen molar-refractivity contribution in [3.05, 3.63) is 53.0 Å². The first-order valence-corrected chi connectivity index (χ1v) is 13.1. The molecule has 11 heteroatoms. The summed E-state index contributed by atoms with van der Waals surface area (Å²) in [6, 6.07) is 13.9. The molecule has 0 amide bonds. The van der Waals surface area contributed by atoms with Gasteiger partial charge in [-0.15, -0.1) is 0 Å². The number of nitrogens with zero attached hydrogens (tertiary/aromatic N) is 1. The van der Waals surface area contributed by atoms with E-state index in [9.17, 15) is 16.8 Å². The smallest absolute Gasteiger partial charge is 0.240 e. The third-order valence-corrected chi connectivity index (χ3v) is 7.93. The molecule has 1 unspecified atom stereocenters. The lowest BCUT2D eigenvalue weighted by atomic mass is 10.2. The monoisotopic (exact) mass is 518 g/mol. The van der Waals surface area contributed by atoms with E-state index < -0.39 is 20.0 Å². The summed E-state index contributed by atoms with van der Waals surface area (Å²) in [6.07, 6.45) is 0. The Balaban J connectivity index is 0.000000232. The fraction of sp³-hybridized carbons (Fsp3) is 0.368. The summed E-state index contributed by atoms with van der Waals surface area (Å²) in [5.41, 5.74) is 1.07. The molecular weight excluding hydrogens is 492 g/mol. The lowest BCUT2D eigenvalue weighted by Gasteiger charge is -2.33. The lowest BCUT2D eigenvalue weighted by Crippen LogP contribution is -2.49. The second-order valence-electron chi connectivity index (χ2n) is 6.66. The number of rotatable bonds is 5. The third kappa shape index (κ3) is 6.76. The quantitative estimate of drug-likeness (QED) is 0.556. The summed E-state index contributed by atoms with van der Waals surface area (Å²) in [7, 11) is -3.82. The largest absolute Gasteiger partial charge is 0.369 e. The zero-order valence-corrected chi connectivity index (χ0v) is 20.3. The van der Waals surface area contributed by atoms with E-state index in [4.69, 9.17) is 0 Å². The number of hydrogen-bond donors (Lipinski definition) is 3. The van der Waals surface area contributed by atoms with Crippen molar-refractivity contribution in [1.82, 2.24) is 14.8 Å². The summed E-state index contributed by atoms with van der Waals surface area (Å²) in [5.74, 6) is 0. The van der Waals surface area contributed by atoms with Crippen LogP contribution in [0.5, 0.6) is 0 Å². The topological polar surface area (TPSA) is 108 Å². The molecule has 1 atom stereocenters. The first-order chi connectivity index (χ1) is 14.1. The highest BCUT2D eigenvalue weighted by Crippen LogP contribution is 2.19. The van der Waals surface area contributed by atoms with Gasteiger partial charge in [0.1, 0.15) is 0 Å². The standard InChI is InChI=1S/C12H19N3O2S.C7H8BrNO2S/c1-10-9-15(8-7-14-10)11-3-5-12(6-4-11)18(16,17)13-2;1-9-12(10,11)7-4-2-6(8)3-5-7/h3-6,10,13-14H,7-9H2,1-2H3;2-5,9H,1H3. The van der Waals surface area contributed by atoms with E-state index in [1.807, 2.05) is 12.1 Å². The SMILES string of the molecule is CNS(=O)(=O)c1ccc(Br)cc1.CNS(=O)(=O)c1ccc(N2CCNC(C)C2)cc1. The maximum Gasteiger partial charge on any atom is 0.240 e. The van der Waals surface area contributed by atoms with E-state index in [1.54, 1.807) is 24.3 Å². The molecule has 0 bridgehead atoms. The molecule has 8 nitrogen and oxygen atoms in total. The van der Waals surface area contributed by atoms with Gasteiger partial charge in [0, 0.05) is 35.8 Å². The van der Waals surface area contributed by atoms with Crippen LogP contribution in [0.4, 0.5) is 5.69 Å². The van der Waals surface area contributed by atoms with Crippen LogP contribution < -0.4 is 19.7 Å². The van der Waals surface area contributed by atoms with E-state index in [-0.39, 0.29) is 4.90 Å². The van der Waals surface area contributed by atoms with Crippen LogP contribution in [0, 0.1) is 0 Å².